The standard InChI is InChI=1S/C13H14INO2S/c1-15(2)12-7-3-6-11-10(12)5-4-8-13(11)18(16,17)9-14/h3-8H,9H2,1-2H3. The highest BCUT2D eigenvalue weighted by molar-refractivity contribution is 14.1. The molecule has 18 heavy (non-hydrogen) atoms. The van der Waals surface area contributed by atoms with E-state index in [0.29, 0.717) is 4.90 Å². The molecule has 0 aliphatic carbocycles. The highest BCUT2D eigenvalue weighted by Gasteiger charge is 2.16. The van der Waals surface area contributed by atoms with Crippen molar-refractivity contribution in [2.45, 2.75) is 4.90 Å². The molecule has 5 heteroatoms. The zero-order valence-electron chi connectivity index (χ0n) is 10.2. The highest BCUT2D eigenvalue weighted by Crippen LogP contribution is 2.30. The fourth-order valence-corrected chi connectivity index (χ4v) is 3.91. The quantitative estimate of drug-likeness (QED) is 0.611. The van der Waals surface area contributed by atoms with E-state index in [1.165, 1.54) is 0 Å². The minimum Gasteiger partial charge on any atom is -0.377 e. The number of benzene rings is 2. The minimum absolute atomic E-state index is 0.0933. The van der Waals surface area contributed by atoms with Crippen LogP contribution in [0.1, 0.15) is 0 Å². The highest BCUT2D eigenvalue weighted by atomic mass is 127. The van der Waals surface area contributed by atoms with Crippen LogP contribution in [0.2, 0.25) is 0 Å². The third-order valence-electron chi connectivity index (χ3n) is 2.82. The summed E-state index contributed by atoms with van der Waals surface area (Å²) < 4.78 is 24.2. The molecule has 0 aliphatic rings. The molecular formula is C13H14INO2S. The van der Waals surface area contributed by atoms with E-state index in [9.17, 15) is 8.42 Å². The van der Waals surface area contributed by atoms with Crippen LogP contribution < -0.4 is 4.90 Å². The van der Waals surface area contributed by atoms with Gasteiger partial charge in [0, 0.05) is 30.6 Å². The summed E-state index contributed by atoms with van der Waals surface area (Å²) in [6.45, 7) is 0. The second-order valence-electron chi connectivity index (χ2n) is 4.25. The first kappa shape index (κ1) is 13.6. The summed E-state index contributed by atoms with van der Waals surface area (Å²) in [5, 5.41) is 1.76. The third kappa shape index (κ3) is 2.33. The first-order chi connectivity index (χ1) is 8.47. The zero-order chi connectivity index (χ0) is 13.3. The molecule has 2 aromatic rings. The van der Waals surface area contributed by atoms with Crippen LogP contribution in [0.4, 0.5) is 5.69 Å². The van der Waals surface area contributed by atoms with Gasteiger partial charge in [-0.25, -0.2) is 8.42 Å². The van der Waals surface area contributed by atoms with E-state index in [2.05, 4.69) is 0 Å². The van der Waals surface area contributed by atoms with Gasteiger partial charge in [-0.15, -0.1) is 0 Å². The van der Waals surface area contributed by atoms with Crippen molar-refractivity contribution in [3.05, 3.63) is 36.4 Å². The first-order valence-corrected chi connectivity index (χ1v) is 8.63. The lowest BCUT2D eigenvalue weighted by atomic mass is 10.1. The van der Waals surface area contributed by atoms with E-state index in [1.807, 2.05) is 65.9 Å². The summed E-state index contributed by atoms with van der Waals surface area (Å²) in [7, 11) is 0.706. The molecule has 0 radical (unpaired) electrons. The molecule has 0 aliphatic heterocycles. The summed E-state index contributed by atoms with van der Waals surface area (Å²) in [6.07, 6.45) is 0. The Hall–Kier alpha value is -0.820. The number of hydrogen-bond acceptors (Lipinski definition) is 3. The monoisotopic (exact) mass is 375 g/mol. The summed E-state index contributed by atoms with van der Waals surface area (Å²) in [4.78, 5) is 2.40. The maximum Gasteiger partial charge on any atom is 0.188 e. The molecule has 2 aromatic carbocycles. The van der Waals surface area contributed by atoms with E-state index in [4.69, 9.17) is 0 Å². The predicted octanol–water partition coefficient (Wildman–Crippen LogP) is 3.07. The average molecular weight is 375 g/mol. The Morgan fingerprint density at radius 2 is 1.67 bits per heavy atom. The van der Waals surface area contributed by atoms with Crippen LogP contribution in [0.5, 0.6) is 0 Å². The number of fused-ring (bicyclic) bond motifs is 1. The van der Waals surface area contributed by atoms with Gasteiger partial charge in [0.1, 0.15) is 3.76 Å². The Balaban J connectivity index is 2.84. The normalized spacial score (nSPS) is 11.7. The molecule has 2 rings (SSSR count). The number of sulfone groups is 1. The van der Waals surface area contributed by atoms with Crippen molar-refractivity contribution in [2.24, 2.45) is 0 Å². The van der Waals surface area contributed by atoms with Gasteiger partial charge < -0.3 is 4.90 Å². The lowest BCUT2D eigenvalue weighted by Gasteiger charge is -2.16. The largest absolute Gasteiger partial charge is 0.377 e. The Morgan fingerprint density at radius 3 is 2.28 bits per heavy atom. The molecule has 0 unspecified atom stereocenters. The van der Waals surface area contributed by atoms with E-state index in [0.717, 1.165) is 16.5 Å². The van der Waals surface area contributed by atoms with Gasteiger partial charge in [-0.05, 0) is 12.1 Å². The third-order valence-corrected chi connectivity index (χ3v) is 6.59. The molecule has 0 atom stereocenters. The lowest BCUT2D eigenvalue weighted by Crippen LogP contribution is -2.09. The van der Waals surface area contributed by atoms with Crippen molar-refractivity contribution in [3.63, 3.8) is 0 Å². The fraction of sp³-hybridized carbons (Fsp3) is 0.231. The van der Waals surface area contributed by atoms with Gasteiger partial charge in [0.25, 0.3) is 0 Å². The number of alkyl halides is 1. The number of rotatable bonds is 3. The molecule has 0 saturated heterocycles. The second kappa shape index (κ2) is 5.05. The van der Waals surface area contributed by atoms with Crippen LogP contribution in [-0.4, -0.2) is 26.3 Å². The molecule has 0 amide bonds. The van der Waals surface area contributed by atoms with Crippen LogP contribution in [0.15, 0.2) is 41.3 Å². The minimum atomic E-state index is -3.20. The number of anilines is 1. The summed E-state index contributed by atoms with van der Waals surface area (Å²) in [5.41, 5.74) is 1.03. The van der Waals surface area contributed by atoms with Crippen LogP contribution in [0.25, 0.3) is 10.8 Å². The summed E-state index contributed by atoms with van der Waals surface area (Å²) in [5.74, 6) is 0. The molecule has 0 fully saturated rings. The molecule has 0 aromatic heterocycles. The van der Waals surface area contributed by atoms with Crippen molar-refractivity contribution in [1.29, 1.82) is 0 Å². The second-order valence-corrected chi connectivity index (χ2v) is 8.00. The van der Waals surface area contributed by atoms with Crippen molar-refractivity contribution >= 4 is 48.9 Å². The lowest BCUT2D eigenvalue weighted by molar-refractivity contribution is 0.602. The number of halogens is 1. The van der Waals surface area contributed by atoms with Gasteiger partial charge in [0.2, 0.25) is 0 Å². The fourth-order valence-electron chi connectivity index (χ4n) is 1.98. The molecule has 0 spiro atoms. The van der Waals surface area contributed by atoms with Crippen LogP contribution >= 0.6 is 22.6 Å². The number of hydrogen-bond donors (Lipinski definition) is 0. The van der Waals surface area contributed by atoms with E-state index >= 15 is 0 Å². The summed E-state index contributed by atoms with van der Waals surface area (Å²) >= 11 is 1.89. The Morgan fingerprint density at radius 1 is 1.06 bits per heavy atom. The van der Waals surface area contributed by atoms with Crippen LogP contribution in [0.3, 0.4) is 0 Å². The Kier molecular flexibility index (Phi) is 3.82. The van der Waals surface area contributed by atoms with Crippen molar-refractivity contribution in [3.8, 4) is 0 Å². The molecule has 0 bridgehead atoms. The van der Waals surface area contributed by atoms with Gasteiger partial charge in [0.15, 0.2) is 9.84 Å². The number of nitrogens with zero attached hydrogens (tertiary/aromatic N) is 1. The van der Waals surface area contributed by atoms with Gasteiger partial charge >= 0.3 is 0 Å². The molecule has 96 valence electrons. The van der Waals surface area contributed by atoms with E-state index < -0.39 is 9.84 Å². The average Bonchev–Trinajstić information content (AvgIpc) is 2.37. The molecule has 0 saturated carbocycles. The Labute approximate surface area is 121 Å². The van der Waals surface area contributed by atoms with Crippen molar-refractivity contribution in [1.82, 2.24) is 0 Å². The van der Waals surface area contributed by atoms with Crippen molar-refractivity contribution < 1.29 is 8.42 Å². The van der Waals surface area contributed by atoms with Crippen LogP contribution in [-0.2, 0) is 9.84 Å². The molecular weight excluding hydrogens is 361 g/mol. The maximum absolute atomic E-state index is 12.1. The topological polar surface area (TPSA) is 37.4 Å². The molecule has 3 nitrogen and oxygen atoms in total. The van der Waals surface area contributed by atoms with Crippen molar-refractivity contribution in [2.75, 3.05) is 22.8 Å². The van der Waals surface area contributed by atoms with E-state index in [1.54, 1.807) is 12.1 Å². The van der Waals surface area contributed by atoms with Crippen LogP contribution in [0, 0.1) is 0 Å². The SMILES string of the molecule is CN(C)c1cccc2c(S(=O)(=O)CI)cccc12. The first-order valence-electron chi connectivity index (χ1n) is 5.45. The zero-order valence-corrected chi connectivity index (χ0v) is 13.2. The van der Waals surface area contributed by atoms with E-state index in [-0.39, 0.29) is 3.76 Å². The van der Waals surface area contributed by atoms with Gasteiger partial charge in [-0.1, -0.05) is 46.9 Å². The maximum atomic E-state index is 12.1. The molecule has 0 N–H and O–H groups in total. The van der Waals surface area contributed by atoms with Gasteiger partial charge in [-0.2, -0.15) is 0 Å². The Bertz CT molecular complexity index is 680. The van der Waals surface area contributed by atoms with Gasteiger partial charge in [-0.3, -0.25) is 0 Å². The summed E-state index contributed by atoms with van der Waals surface area (Å²) in [6, 6.07) is 11.2. The van der Waals surface area contributed by atoms with Gasteiger partial charge in [0.05, 0.1) is 4.90 Å². The predicted molar refractivity (Wildman–Crippen MR) is 84.3 cm³/mol. The molecule has 0 heterocycles. The smallest absolute Gasteiger partial charge is 0.188 e.